The van der Waals surface area contributed by atoms with Crippen molar-refractivity contribution >= 4 is 0 Å². The third-order valence-electron chi connectivity index (χ3n) is 2.14. The molecule has 0 aliphatic carbocycles. The van der Waals surface area contributed by atoms with Crippen LogP contribution in [0, 0.1) is 13.0 Å². The SMILES string of the molecule is Cc1ccc[c]c1-c1ccnn1C. The van der Waals surface area contributed by atoms with Crippen LogP contribution in [-0.4, -0.2) is 9.78 Å². The molecule has 1 aromatic carbocycles. The molecule has 2 aromatic rings. The highest BCUT2D eigenvalue weighted by Crippen LogP contribution is 2.20. The molecule has 1 radical (unpaired) electrons. The van der Waals surface area contributed by atoms with Gasteiger partial charge in [-0.25, -0.2) is 0 Å². The van der Waals surface area contributed by atoms with Crippen LogP contribution >= 0.6 is 0 Å². The molecule has 0 spiro atoms. The molecule has 0 unspecified atom stereocenters. The van der Waals surface area contributed by atoms with Gasteiger partial charge in [-0.3, -0.25) is 4.68 Å². The van der Waals surface area contributed by atoms with Gasteiger partial charge in [0.2, 0.25) is 0 Å². The predicted molar refractivity (Wildman–Crippen MR) is 52.2 cm³/mol. The Balaban J connectivity index is 2.59. The van der Waals surface area contributed by atoms with Crippen molar-refractivity contribution in [3.05, 3.63) is 42.1 Å². The van der Waals surface area contributed by atoms with E-state index in [1.165, 1.54) is 5.56 Å². The summed E-state index contributed by atoms with van der Waals surface area (Å²) in [5.74, 6) is 0. The maximum Gasteiger partial charge on any atom is 0.0687 e. The van der Waals surface area contributed by atoms with Crippen LogP contribution in [0.4, 0.5) is 0 Å². The summed E-state index contributed by atoms with van der Waals surface area (Å²) in [7, 11) is 1.94. The van der Waals surface area contributed by atoms with Gasteiger partial charge in [-0.2, -0.15) is 5.10 Å². The number of rotatable bonds is 1. The van der Waals surface area contributed by atoms with Crippen LogP contribution in [0.3, 0.4) is 0 Å². The highest BCUT2D eigenvalue weighted by atomic mass is 15.3. The molecule has 0 atom stereocenters. The first kappa shape index (κ1) is 8.05. The van der Waals surface area contributed by atoms with Crippen LogP contribution in [-0.2, 0) is 7.05 Å². The minimum Gasteiger partial charge on any atom is -0.268 e. The molecule has 1 aromatic heterocycles. The Labute approximate surface area is 77.8 Å². The van der Waals surface area contributed by atoms with E-state index in [2.05, 4.69) is 24.2 Å². The van der Waals surface area contributed by atoms with Gasteiger partial charge in [0, 0.05) is 18.8 Å². The lowest BCUT2D eigenvalue weighted by Crippen LogP contribution is -1.94. The highest BCUT2D eigenvalue weighted by Gasteiger charge is 2.03. The number of benzene rings is 1. The largest absolute Gasteiger partial charge is 0.268 e. The highest BCUT2D eigenvalue weighted by molar-refractivity contribution is 5.62. The van der Waals surface area contributed by atoms with Gasteiger partial charge in [0.05, 0.1) is 5.69 Å². The lowest BCUT2D eigenvalue weighted by atomic mass is 10.1. The molecule has 1 heterocycles. The van der Waals surface area contributed by atoms with Crippen LogP contribution in [0.2, 0.25) is 0 Å². The molecule has 0 N–H and O–H groups in total. The van der Waals surface area contributed by atoms with Gasteiger partial charge in [-0.05, 0) is 24.6 Å². The van der Waals surface area contributed by atoms with E-state index in [4.69, 9.17) is 0 Å². The number of aromatic nitrogens is 2. The fourth-order valence-electron chi connectivity index (χ4n) is 1.42. The van der Waals surface area contributed by atoms with Gasteiger partial charge in [-0.15, -0.1) is 0 Å². The zero-order valence-electron chi connectivity index (χ0n) is 7.78. The van der Waals surface area contributed by atoms with E-state index in [9.17, 15) is 0 Å². The lowest BCUT2D eigenvalue weighted by Gasteiger charge is -2.04. The molecule has 0 saturated heterocycles. The summed E-state index contributed by atoms with van der Waals surface area (Å²) in [4.78, 5) is 0. The van der Waals surface area contributed by atoms with E-state index in [1.54, 1.807) is 6.20 Å². The van der Waals surface area contributed by atoms with E-state index < -0.39 is 0 Å². The van der Waals surface area contributed by atoms with Gasteiger partial charge >= 0.3 is 0 Å². The van der Waals surface area contributed by atoms with Crippen molar-refractivity contribution < 1.29 is 0 Å². The molecular formula is C11H11N2. The van der Waals surface area contributed by atoms with Gasteiger partial charge in [0.15, 0.2) is 0 Å². The van der Waals surface area contributed by atoms with E-state index in [1.807, 2.05) is 29.9 Å². The molecule has 0 aliphatic heterocycles. The molecule has 65 valence electrons. The first-order valence-electron chi connectivity index (χ1n) is 4.25. The van der Waals surface area contributed by atoms with E-state index in [-0.39, 0.29) is 0 Å². The molecule has 0 bridgehead atoms. The van der Waals surface area contributed by atoms with Crippen LogP contribution in [0.25, 0.3) is 11.3 Å². The van der Waals surface area contributed by atoms with Gasteiger partial charge in [0.25, 0.3) is 0 Å². The molecular weight excluding hydrogens is 160 g/mol. The van der Waals surface area contributed by atoms with Gasteiger partial charge in [0.1, 0.15) is 0 Å². The summed E-state index contributed by atoms with van der Waals surface area (Å²) < 4.78 is 1.86. The maximum absolute atomic E-state index is 4.13. The van der Waals surface area contributed by atoms with Crippen LogP contribution in [0.15, 0.2) is 30.5 Å². The normalized spacial score (nSPS) is 10.3. The molecule has 0 aliphatic rings. The summed E-state index contributed by atoms with van der Waals surface area (Å²) >= 11 is 0. The molecule has 2 heteroatoms. The molecule has 0 amide bonds. The first-order chi connectivity index (χ1) is 6.29. The van der Waals surface area contributed by atoms with Crippen LogP contribution in [0.1, 0.15) is 5.56 Å². The second-order valence-corrected chi connectivity index (χ2v) is 3.07. The molecule has 0 saturated carbocycles. The monoisotopic (exact) mass is 171 g/mol. The number of aryl methyl sites for hydroxylation is 2. The Morgan fingerprint density at radius 1 is 1.38 bits per heavy atom. The average Bonchev–Trinajstić information content (AvgIpc) is 2.52. The lowest BCUT2D eigenvalue weighted by molar-refractivity contribution is 0.775. The molecule has 0 fully saturated rings. The second kappa shape index (κ2) is 3.05. The zero-order chi connectivity index (χ0) is 9.26. The fourth-order valence-corrected chi connectivity index (χ4v) is 1.42. The quantitative estimate of drug-likeness (QED) is 0.643. The second-order valence-electron chi connectivity index (χ2n) is 3.07. The van der Waals surface area contributed by atoms with Gasteiger partial charge in [-0.1, -0.05) is 18.2 Å². The maximum atomic E-state index is 4.13. The summed E-state index contributed by atoms with van der Waals surface area (Å²) in [6.07, 6.45) is 1.80. The fraction of sp³-hybridized carbons (Fsp3) is 0.182. The van der Waals surface area contributed by atoms with Crippen molar-refractivity contribution in [2.75, 3.05) is 0 Å². The van der Waals surface area contributed by atoms with E-state index >= 15 is 0 Å². The standard InChI is InChI=1S/C11H11N2/c1-9-5-3-4-6-10(9)11-7-8-12-13(11)2/h3-5,7-8H,1-2H3. The minimum atomic E-state index is 1.11. The Kier molecular flexibility index (Phi) is 1.89. The van der Waals surface area contributed by atoms with Crippen molar-refractivity contribution in [3.63, 3.8) is 0 Å². The third-order valence-corrected chi connectivity index (χ3v) is 2.14. The van der Waals surface area contributed by atoms with Crippen molar-refractivity contribution in [1.29, 1.82) is 0 Å². The topological polar surface area (TPSA) is 17.8 Å². The Morgan fingerprint density at radius 2 is 2.23 bits per heavy atom. The molecule has 2 rings (SSSR count). The van der Waals surface area contributed by atoms with Crippen molar-refractivity contribution in [2.24, 2.45) is 7.05 Å². The number of hydrogen-bond donors (Lipinski definition) is 0. The summed E-state index contributed by atoms with van der Waals surface area (Å²) in [6, 6.07) is 11.2. The molecule has 13 heavy (non-hydrogen) atoms. The van der Waals surface area contributed by atoms with Crippen LogP contribution < -0.4 is 0 Å². The summed E-state index contributed by atoms with van der Waals surface area (Å²) in [5.41, 5.74) is 3.46. The van der Waals surface area contributed by atoms with Crippen molar-refractivity contribution in [3.8, 4) is 11.3 Å². The van der Waals surface area contributed by atoms with Crippen LogP contribution in [0.5, 0.6) is 0 Å². The minimum absolute atomic E-state index is 1.11. The van der Waals surface area contributed by atoms with E-state index in [0.717, 1.165) is 11.3 Å². The number of hydrogen-bond acceptors (Lipinski definition) is 1. The molecule has 2 nitrogen and oxygen atoms in total. The Hall–Kier alpha value is -1.57. The predicted octanol–water partition coefficient (Wildman–Crippen LogP) is 2.20. The smallest absolute Gasteiger partial charge is 0.0687 e. The average molecular weight is 171 g/mol. The third kappa shape index (κ3) is 1.35. The van der Waals surface area contributed by atoms with Crippen molar-refractivity contribution in [2.45, 2.75) is 6.92 Å². The zero-order valence-corrected chi connectivity index (χ0v) is 7.78. The summed E-state index contributed by atoms with van der Waals surface area (Å²) in [6.45, 7) is 2.08. The van der Waals surface area contributed by atoms with E-state index in [0.29, 0.717) is 0 Å². The van der Waals surface area contributed by atoms with Crippen molar-refractivity contribution in [1.82, 2.24) is 9.78 Å². The number of nitrogens with zero attached hydrogens (tertiary/aromatic N) is 2. The first-order valence-corrected chi connectivity index (χ1v) is 4.25. The Bertz CT molecular complexity index is 416. The summed E-state index contributed by atoms with van der Waals surface area (Å²) in [5, 5.41) is 4.13. The van der Waals surface area contributed by atoms with Gasteiger partial charge < -0.3 is 0 Å². The Morgan fingerprint density at radius 3 is 2.85 bits per heavy atom.